The average Bonchev–Trinajstić information content (AvgIpc) is 3.05. The van der Waals surface area contributed by atoms with Crippen LogP contribution in [0.5, 0.6) is 11.5 Å². The van der Waals surface area contributed by atoms with E-state index in [0.29, 0.717) is 20.6 Å². The Balaban J connectivity index is 1.77. The number of esters is 1. The van der Waals surface area contributed by atoms with E-state index >= 15 is 0 Å². The summed E-state index contributed by atoms with van der Waals surface area (Å²) < 4.78 is 16.8. The molecule has 10 nitrogen and oxygen atoms in total. The number of carbonyl (C=O) groups excluding carboxylic acids is 3. The minimum atomic E-state index is -0.656. The second kappa shape index (κ2) is 11.3. The monoisotopic (exact) mass is 598 g/mol. The van der Waals surface area contributed by atoms with Crippen molar-refractivity contribution in [2.75, 3.05) is 20.3 Å². The van der Waals surface area contributed by atoms with E-state index in [2.05, 4.69) is 22.6 Å². The predicted octanol–water partition coefficient (Wildman–Crippen LogP) is 4.39. The van der Waals surface area contributed by atoms with E-state index in [1.165, 1.54) is 19.2 Å². The Morgan fingerprint density at radius 2 is 1.94 bits per heavy atom. The SMILES string of the molecule is CCOC(=O)CN1C(=O)S/C(=C/c2cc(I)c(OCc3ccc([N+](=O)[O-])cc3)c(OC)c2)C1=O. The number of halogens is 1. The minimum absolute atomic E-state index is 0.00747. The molecule has 2 amide bonds. The first kappa shape index (κ1) is 25.5. The fourth-order valence-corrected chi connectivity index (χ4v) is 4.58. The lowest BCUT2D eigenvalue weighted by atomic mass is 10.1. The number of hydrogen-bond donors (Lipinski definition) is 0. The van der Waals surface area contributed by atoms with Crippen LogP contribution in [0.3, 0.4) is 0 Å². The van der Waals surface area contributed by atoms with Crippen LogP contribution in [0.15, 0.2) is 41.3 Å². The van der Waals surface area contributed by atoms with Gasteiger partial charge in [0.15, 0.2) is 11.5 Å². The Morgan fingerprint density at radius 3 is 2.56 bits per heavy atom. The quantitative estimate of drug-likeness (QED) is 0.136. The van der Waals surface area contributed by atoms with Gasteiger partial charge >= 0.3 is 5.97 Å². The summed E-state index contributed by atoms with van der Waals surface area (Å²) in [6.45, 7) is 1.52. The molecule has 1 heterocycles. The highest BCUT2D eigenvalue weighted by atomic mass is 127. The van der Waals surface area contributed by atoms with Crippen molar-refractivity contribution in [1.82, 2.24) is 4.90 Å². The Kier molecular flexibility index (Phi) is 8.50. The van der Waals surface area contributed by atoms with Gasteiger partial charge in [-0.3, -0.25) is 29.4 Å². The molecule has 1 aliphatic heterocycles. The summed E-state index contributed by atoms with van der Waals surface area (Å²) in [5.74, 6) is -0.354. The van der Waals surface area contributed by atoms with Gasteiger partial charge in [0.05, 0.1) is 27.1 Å². The number of hydrogen-bond acceptors (Lipinski definition) is 9. The predicted molar refractivity (Wildman–Crippen MR) is 132 cm³/mol. The number of imide groups is 1. The molecule has 0 saturated carbocycles. The maximum absolute atomic E-state index is 12.6. The summed E-state index contributed by atoms with van der Waals surface area (Å²) in [5.41, 5.74) is 1.33. The minimum Gasteiger partial charge on any atom is -0.493 e. The molecule has 1 saturated heterocycles. The van der Waals surface area contributed by atoms with E-state index in [4.69, 9.17) is 14.2 Å². The van der Waals surface area contributed by atoms with Gasteiger partial charge in [0, 0.05) is 12.1 Å². The van der Waals surface area contributed by atoms with Crippen molar-refractivity contribution >= 4 is 63.2 Å². The van der Waals surface area contributed by atoms with Gasteiger partial charge in [0.25, 0.3) is 16.8 Å². The van der Waals surface area contributed by atoms with E-state index in [0.717, 1.165) is 22.2 Å². The largest absolute Gasteiger partial charge is 0.493 e. The van der Waals surface area contributed by atoms with Crippen LogP contribution in [-0.2, 0) is 20.9 Å². The lowest BCUT2D eigenvalue weighted by Crippen LogP contribution is -2.34. The van der Waals surface area contributed by atoms with Crippen molar-refractivity contribution in [2.24, 2.45) is 0 Å². The molecule has 1 aliphatic rings. The number of benzene rings is 2. The average molecular weight is 598 g/mol. The van der Waals surface area contributed by atoms with Gasteiger partial charge in [-0.15, -0.1) is 0 Å². The van der Waals surface area contributed by atoms with E-state index in [9.17, 15) is 24.5 Å². The number of amides is 2. The molecular weight excluding hydrogens is 579 g/mol. The summed E-state index contributed by atoms with van der Waals surface area (Å²) in [7, 11) is 1.47. The fourth-order valence-electron chi connectivity index (χ4n) is 2.96. The van der Waals surface area contributed by atoms with E-state index in [1.54, 1.807) is 37.3 Å². The number of non-ortho nitro benzene ring substituents is 1. The Labute approximate surface area is 212 Å². The van der Waals surface area contributed by atoms with Crippen LogP contribution in [-0.4, -0.2) is 47.2 Å². The first-order valence-corrected chi connectivity index (χ1v) is 11.8. The van der Waals surface area contributed by atoms with Crippen molar-refractivity contribution in [2.45, 2.75) is 13.5 Å². The summed E-state index contributed by atoms with van der Waals surface area (Å²) in [6.07, 6.45) is 1.54. The molecule has 0 bridgehead atoms. The smallest absolute Gasteiger partial charge is 0.326 e. The molecule has 0 atom stereocenters. The topological polar surface area (TPSA) is 125 Å². The molecule has 1 fully saturated rings. The molecule has 0 unspecified atom stereocenters. The fraction of sp³-hybridized carbons (Fsp3) is 0.227. The first-order valence-electron chi connectivity index (χ1n) is 9.88. The van der Waals surface area contributed by atoms with Crippen molar-refractivity contribution < 1.29 is 33.5 Å². The van der Waals surface area contributed by atoms with Crippen LogP contribution < -0.4 is 9.47 Å². The molecule has 3 rings (SSSR count). The zero-order valence-corrected chi connectivity index (χ0v) is 21.1. The van der Waals surface area contributed by atoms with Gasteiger partial charge in [-0.25, -0.2) is 0 Å². The van der Waals surface area contributed by atoms with Crippen LogP contribution in [0.2, 0.25) is 0 Å². The van der Waals surface area contributed by atoms with Crippen molar-refractivity contribution in [3.63, 3.8) is 0 Å². The number of nitro benzene ring substituents is 1. The molecule has 2 aromatic carbocycles. The van der Waals surface area contributed by atoms with E-state index < -0.39 is 28.6 Å². The van der Waals surface area contributed by atoms with Crippen LogP contribution in [0.1, 0.15) is 18.1 Å². The van der Waals surface area contributed by atoms with Crippen LogP contribution in [0.25, 0.3) is 6.08 Å². The normalized spacial score (nSPS) is 14.4. The molecular formula is C22H19IN2O8S. The summed E-state index contributed by atoms with van der Waals surface area (Å²) in [6, 6.07) is 9.44. The second-order valence-corrected chi connectivity index (χ2v) is 8.97. The molecule has 0 aliphatic carbocycles. The lowest BCUT2D eigenvalue weighted by Gasteiger charge is -2.14. The van der Waals surface area contributed by atoms with E-state index in [-0.39, 0.29) is 23.8 Å². The molecule has 0 spiro atoms. The van der Waals surface area contributed by atoms with Gasteiger partial charge < -0.3 is 14.2 Å². The molecule has 34 heavy (non-hydrogen) atoms. The number of rotatable bonds is 9. The van der Waals surface area contributed by atoms with Gasteiger partial charge in [0.1, 0.15) is 13.2 Å². The van der Waals surface area contributed by atoms with Gasteiger partial charge in [0.2, 0.25) is 0 Å². The third-order valence-corrected chi connectivity index (χ3v) is 6.25. The van der Waals surface area contributed by atoms with Crippen molar-refractivity contribution in [1.29, 1.82) is 0 Å². The molecule has 0 N–H and O–H groups in total. The first-order chi connectivity index (χ1) is 16.2. The Bertz CT molecular complexity index is 1170. The van der Waals surface area contributed by atoms with Crippen molar-refractivity contribution in [3.05, 3.63) is 66.1 Å². The third kappa shape index (κ3) is 6.05. The maximum atomic E-state index is 12.6. The number of nitro groups is 1. The highest BCUT2D eigenvalue weighted by Crippen LogP contribution is 2.37. The number of nitrogens with zero attached hydrogens (tertiary/aromatic N) is 2. The number of carbonyl (C=O) groups is 3. The highest BCUT2D eigenvalue weighted by Gasteiger charge is 2.36. The summed E-state index contributed by atoms with van der Waals surface area (Å²) in [4.78, 5) is 47.8. The van der Waals surface area contributed by atoms with Crippen LogP contribution >= 0.6 is 34.4 Å². The molecule has 0 radical (unpaired) electrons. The molecule has 2 aromatic rings. The maximum Gasteiger partial charge on any atom is 0.326 e. The van der Waals surface area contributed by atoms with Gasteiger partial charge in [-0.05, 0) is 82.7 Å². The van der Waals surface area contributed by atoms with Crippen LogP contribution in [0, 0.1) is 13.7 Å². The lowest BCUT2D eigenvalue weighted by molar-refractivity contribution is -0.384. The number of methoxy groups -OCH3 is 1. The van der Waals surface area contributed by atoms with Gasteiger partial charge in [-0.1, -0.05) is 0 Å². The Hall–Kier alpha value is -3.13. The third-order valence-electron chi connectivity index (χ3n) is 4.55. The standard InChI is InChI=1S/C22H19IN2O8S/c1-3-32-19(26)11-24-21(27)18(34-22(24)28)10-14-8-16(23)20(17(9-14)31-2)33-12-13-4-6-15(7-5-13)25(29)30/h4-10H,3,11-12H2,1-2H3/b18-10+. The summed E-state index contributed by atoms with van der Waals surface area (Å²) in [5, 5.41) is 10.2. The molecule has 12 heteroatoms. The van der Waals surface area contributed by atoms with Gasteiger partial charge in [-0.2, -0.15) is 0 Å². The number of ether oxygens (including phenoxy) is 3. The summed E-state index contributed by atoms with van der Waals surface area (Å²) >= 11 is 2.80. The molecule has 0 aromatic heterocycles. The second-order valence-electron chi connectivity index (χ2n) is 6.82. The molecule has 178 valence electrons. The zero-order valence-electron chi connectivity index (χ0n) is 18.1. The van der Waals surface area contributed by atoms with Crippen LogP contribution in [0.4, 0.5) is 10.5 Å². The highest BCUT2D eigenvalue weighted by molar-refractivity contribution is 14.1. The van der Waals surface area contributed by atoms with E-state index in [1.807, 2.05) is 0 Å². The number of thioether (sulfide) groups is 1. The Morgan fingerprint density at radius 1 is 1.24 bits per heavy atom. The zero-order chi connectivity index (χ0) is 24.8. The van der Waals surface area contributed by atoms with Crippen molar-refractivity contribution in [3.8, 4) is 11.5 Å².